The largest absolute Gasteiger partial charge is 0.403 e. The van der Waals surface area contributed by atoms with Crippen LogP contribution in [-0.4, -0.2) is 14.1 Å². The molecule has 0 atom stereocenters. The van der Waals surface area contributed by atoms with Crippen molar-refractivity contribution in [2.24, 2.45) is 0 Å². The fraction of sp³-hybridized carbons (Fsp3) is 0.0526. The van der Waals surface area contributed by atoms with Gasteiger partial charge in [0.1, 0.15) is 34.9 Å². The minimum Gasteiger partial charge on any atom is -0.207 e. The van der Waals surface area contributed by atoms with Crippen LogP contribution in [0.15, 0.2) is 24.3 Å². The molecular formula is C19H7AlF10. The van der Waals surface area contributed by atoms with Crippen LogP contribution in [0.2, 0.25) is 0 Å². The van der Waals surface area contributed by atoms with Crippen molar-refractivity contribution in [1.29, 1.82) is 0 Å². The summed E-state index contributed by atoms with van der Waals surface area (Å²) in [5.74, 6) is -18.6. The van der Waals surface area contributed by atoms with Crippen LogP contribution in [0.3, 0.4) is 0 Å². The molecule has 30 heavy (non-hydrogen) atoms. The molecule has 0 unspecified atom stereocenters. The van der Waals surface area contributed by atoms with Crippen LogP contribution in [0.25, 0.3) is 0 Å². The van der Waals surface area contributed by atoms with Gasteiger partial charge in [-0.25, -0.2) is 43.9 Å². The average Bonchev–Trinajstić information content (AvgIpc) is 2.68. The van der Waals surface area contributed by atoms with Crippen LogP contribution >= 0.6 is 0 Å². The first-order valence-corrected chi connectivity index (χ1v) is 9.80. The summed E-state index contributed by atoms with van der Waals surface area (Å²) in [5, 5.41) is 0. The monoisotopic (exact) mass is 452 g/mol. The van der Waals surface area contributed by atoms with E-state index in [1.54, 1.807) is 0 Å². The molecule has 0 radical (unpaired) electrons. The van der Waals surface area contributed by atoms with Crippen molar-refractivity contribution < 1.29 is 43.9 Å². The third-order valence-corrected chi connectivity index (χ3v) is 7.64. The average molecular weight is 452 g/mol. The molecular weight excluding hydrogens is 445 g/mol. The molecule has 0 bridgehead atoms. The molecule has 3 rings (SSSR count). The third-order valence-electron chi connectivity index (χ3n) is 4.47. The molecule has 0 heterocycles. The second kappa shape index (κ2) is 7.96. The van der Waals surface area contributed by atoms with Crippen LogP contribution in [0.5, 0.6) is 0 Å². The smallest absolute Gasteiger partial charge is 0.207 e. The highest BCUT2D eigenvalue weighted by atomic mass is 27.2. The van der Waals surface area contributed by atoms with E-state index in [4.69, 9.17) is 0 Å². The highest BCUT2D eigenvalue weighted by Gasteiger charge is 2.40. The van der Waals surface area contributed by atoms with E-state index in [1.807, 2.05) is 0 Å². The minimum atomic E-state index is -4.60. The predicted molar refractivity (Wildman–Crippen MR) is 88.3 cm³/mol. The number of benzene rings is 3. The van der Waals surface area contributed by atoms with Crippen molar-refractivity contribution >= 4 is 27.4 Å². The quantitative estimate of drug-likeness (QED) is 0.322. The van der Waals surface area contributed by atoms with Gasteiger partial charge in [0.25, 0.3) is 0 Å². The lowest BCUT2D eigenvalue weighted by Gasteiger charge is -2.19. The van der Waals surface area contributed by atoms with Gasteiger partial charge in [0.2, 0.25) is 0 Å². The first kappa shape index (κ1) is 22.2. The molecule has 0 aliphatic heterocycles. The maximum Gasteiger partial charge on any atom is 0.403 e. The summed E-state index contributed by atoms with van der Waals surface area (Å²) in [6.45, 7) is 0.669. The first-order valence-electron chi connectivity index (χ1n) is 8.07. The molecule has 156 valence electrons. The SMILES string of the molecule is Cc1c(F)c(F)[c]([Al]([c]2cc(F)cc(F)c2F)[c]2cc(F)cc(F)c2F)c(F)c1F. The van der Waals surface area contributed by atoms with Gasteiger partial charge in [-0.05, 0) is 23.5 Å². The molecule has 0 aliphatic rings. The molecule has 3 aromatic carbocycles. The number of hydrogen-bond acceptors (Lipinski definition) is 0. The summed E-state index contributed by atoms with van der Waals surface area (Å²) in [4.78, 5) is 0. The van der Waals surface area contributed by atoms with Crippen molar-refractivity contribution in [2.75, 3.05) is 0 Å². The van der Waals surface area contributed by atoms with E-state index in [9.17, 15) is 43.9 Å². The minimum absolute atomic E-state index is 0.0514. The van der Waals surface area contributed by atoms with Crippen LogP contribution < -0.4 is 13.3 Å². The Morgan fingerprint density at radius 3 is 1.23 bits per heavy atom. The van der Waals surface area contributed by atoms with E-state index in [2.05, 4.69) is 0 Å². The van der Waals surface area contributed by atoms with Gasteiger partial charge in [0, 0.05) is 17.7 Å². The maximum absolute atomic E-state index is 14.6. The summed E-state index contributed by atoms with van der Waals surface area (Å²) in [7, 11) is 0. The Balaban J connectivity index is 2.52. The van der Waals surface area contributed by atoms with Gasteiger partial charge in [0.15, 0.2) is 23.3 Å². The van der Waals surface area contributed by atoms with Crippen molar-refractivity contribution in [2.45, 2.75) is 6.92 Å². The summed E-state index contributed by atoms with van der Waals surface area (Å²) in [5.41, 5.74) is -1.11. The number of halogens is 10. The molecule has 0 nitrogen and oxygen atoms in total. The van der Waals surface area contributed by atoms with E-state index < -0.39 is 91.2 Å². The molecule has 0 saturated carbocycles. The zero-order valence-corrected chi connectivity index (χ0v) is 15.8. The summed E-state index contributed by atoms with van der Waals surface area (Å²) in [6.07, 6.45) is 0. The first-order chi connectivity index (χ1) is 14.0. The second-order valence-corrected chi connectivity index (χ2v) is 9.00. The highest BCUT2D eigenvalue weighted by molar-refractivity contribution is 6.95. The standard InChI is InChI=1S/C7H3F4.2C6H2F3.Al/c1-3-6(10)4(8)2-5(9)7(3)11;2*7-4-1-2-5(8)6(9)3-4;/h1H3;2*1,3H;. The lowest BCUT2D eigenvalue weighted by Crippen LogP contribution is -2.58. The summed E-state index contributed by atoms with van der Waals surface area (Å²) in [6, 6.07) is 0.532. The summed E-state index contributed by atoms with van der Waals surface area (Å²) >= 11 is -4.60. The van der Waals surface area contributed by atoms with E-state index in [0.29, 0.717) is 6.92 Å². The Kier molecular flexibility index (Phi) is 5.89. The van der Waals surface area contributed by atoms with Gasteiger partial charge in [-0.15, -0.1) is 0 Å². The maximum atomic E-state index is 14.6. The van der Waals surface area contributed by atoms with Crippen molar-refractivity contribution in [3.05, 3.63) is 88.0 Å². The van der Waals surface area contributed by atoms with E-state index in [-0.39, 0.29) is 24.3 Å². The van der Waals surface area contributed by atoms with Crippen LogP contribution in [0.1, 0.15) is 5.56 Å². The lowest BCUT2D eigenvalue weighted by molar-refractivity contribution is 0.453. The second-order valence-electron chi connectivity index (χ2n) is 6.31. The van der Waals surface area contributed by atoms with Gasteiger partial charge in [0.05, 0.1) is 0 Å². The van der Waals surface area contributed by atoms with Gasteiger partial charge in [-0.3, -0.25) is 0 Å². The molecule has 0 aliphatic carbocycles. The zero-order chi connectivity index (χ0) is 22.5. The van der Waals surface area contributed by atoms with Crippen molar-refractivity contribution in [3.8, 4) is 0 Å². The Morgan fingerprint density at radius 2 is 0.867 bits per heavy atom. The molecule has 0 fully saturated rings. The Bertz CT molecular complexity index is 1090. The molecule has 0 amide bonds. The number of rotatable bonds is 3. The van der Waals surface area contributed by atoms with Gasteiger partial charge >= 0.3 is 14.1 Å². The van der Waals surface area contributed by atoms with E-state index >= 15 is 0 Å². The van der Waals surface area contributed by atoms with E-state index in [1.165, 1.54) is 0 Å². The third kappa shape index (κ3) is 3.57. The van der Waals surface area contributed by atoms with Crippen LogP contribution in [-0.2, 0) is 0 Å². The van der Waals surface area contributed by atoms with Crippen LogP contribution in [0, 0.1) is 65.1 Å². The lowest BCUT2D eigenvalue weighted by atomic mass is 10.2. The fourth-order valence-electron chi connectivity index (χ4n) is 3.06. The molecule has 0 aromatic heterocycles. The molecule has 3 aromatic rings. The molecule has 11 heteroatoms. The Hall–Kier alpha value is -2.51. The fourth-order valence-corrected chi connectivity index (χ4v) is 6.21. The van der Waals surface area contributed by atoms with Gasteiger partial charge in [-0.2, -0.15) is 0 Å². The number of hydrogen-bond donors (Lipinski definition) is 0. The Morgan fingerprint density at radius 1 is 0.500 bits per heavy atom. The molecule has 0 saturated heterocycles. The molecule has 0 N–H and O–H groups in total. The van der Waals surface area contributed by atoms with Gasteiger partial charge < -0.3 is 0 Å². The Labute approximate surface area is 166 Å². The predicted octanol–water partition coefficient (Wildman–Crippen LogP) is 3.90. The molecule has 0 spiro atoms. The van der Waals surface area contributed by atoms with Crippen LogP contribution in [0.4, 0.5) is 43.9 Å². The topological polar surface area (TPSA) is 0 Å². The zero-order valence-electron chi connectivity index (χ0n) is 14.7. The van der Waals surface area contributed by atoms with E-state index in [0.717, 1.165) is 0 Å². The highest BCUT2D eigenvalue weighted by Crippen LogP contribution is 2.19. The van der Waals surface area contributed by atoms with Gasteiger partial charge in [-0.1, -0.05) is 8.85 Å². The van der Waals surface area contributed by atoms with Crippen molar-refractivity contribution in [3.63, 3.8) is 0 Å². The summed E-state index contributed by atoms with van der Waals surface area (Å²) < 4.78 is 137. The normalized spacial score (nSPS) is 11.2. The van der Waals surface area contributed by atoms with Crippen molar-refractivity contribution in [1.82, 2.24) is 0 Å².